The first-order valence-corrected chi connectivity index (χ1v) is 11.8. The van der Waals surface area contributed by atoms with Gasteiger partial charge in [0.2, 0.25) is 0 Å². The van der Waals surface area contributed by atoms with E-state index in [2.05, 4.69) is 4.98 Å². The maximum absolute atomic E-state index is 12.7. The van der Waals surface area contributed by atoms with Gasteiger partial charge in [-0.1, -0.05) is 6.92 Å². The number of carbonyl (C=O) groups is 1. The van der Waals surface area contributed by atoms with Crippen molar-refractivity contribution in [2.45, 2.75) is 43.6 Å². The molecule has 8 heteroatoms. The highest BCUT2D eigenvalue weighted by atomic mass is 32.2. The predicted octanol–water partition coefficient (Wildman–Crippen LogP) is 3.85. The Morgan fingerprint density at radius 3 is 2.63 bits per heavy atom. The molecule has 0 bridgehead atoms. The van der Waals surface area contributed by atoms with Gasteiger partial charge in [-0.05, 0) is 37.1 Å². The minimum absolute atomic E-state index is 0.0759. The van der Waals surface area contributed by atoms with Crippen LogP contribution in [0.1, 0.15) is 32.6 Å². The van der Waals surface area contributed by atoms with Crippen molar-refractivity contribution >= 4 is 26.4 Å². The zero-order valence-corrected chi connectivity index (χ0v) is 17.9. The highest BCUT2D eigenvalue weighted by molar-refractivity contribution is 7.92. The van der Waals surface area contributed by atoms with Gasteiger partial charge in [-0.3, -0.25) is 9.59 Å². The first kappa shape index (κ1) is 20.4. The van der Waals surface area contributed by atoms with Gasteiger partial charge in [0.1, 0.15) is 17.0 Å². The lowest BCUT2D eigenvalue weighted by atomic mass is 9.96. The highest BCUT2D eigenvalue weighted by Crippen LogP contribution is 2.37. The third-order valence-electron chi connectivity index (χ3n) is 5.71. The Kier molecular flexibility index (Phi) is 5.27. The average molecular weight is 428 g/mol. The van der Waals surface area contributed by atoms with Crippen LogP contribution in [0.4, 0.5) is 0 Å². The van der Waals surface area contributed by atoms with Gasteiger partial charge in [0, 0.05) is 59.4 Å². The molecule has 1 aromatic carbocycles. The van der Waals surface area contributed by atoms with Crippen molar-refractivity contribution in [3.8, 4) is 16.9 Å². The summed E-state index contributed by atoms with van der Waals surface area (Å²) in [5, 5.41) is 0.743. The fourth-order valence-corrected chi connectivity index (χ4v) is 4.82. The maximum Gasteiger partial charge on any atom is 0.274 e. The van der Waals surface area contributed by atoms with Gasteiger partial charge < -0.3 is 14.3 Å². The molecule has 2 heterocycles. The van der Waals surface area contributed by atoms with Crippen LogP contribution in [0.5, 0.6) is 5.75 Å². The number of nitrogens with zero attached hydrogens (tertiary/aromatic N) is 1. The van der Waals surface area contributed by atoms with Crippen LogP contribution in [0.25, 0.3) is 22.0 Å². The second-order valence-electron chi connectivity index (χ2n) is 7.70. The molecule has 1 atom stereocenters. The molecule has 0 spiro atoms. The van der Waals surface area contributed by atoms with Gasteiger partial charge in [0.15, 0.2) is 0 Å². The van der Waals surface area contributed by atoms with Crippen LogP contribution in [-0.4, -0.2) is 31.4 Å². The van der Waals surface area contributed by atoms with Crippen molar-refractivity contribution < 1.29 is 13.7 Å². The van der Waals surface area contributed by atoms with E-state index in [4.69, 9.17) is 9.52 Å². The van der Waals surface area contributed by atoms with Crippen LogP contribution in [-0.2, 0) is 21.6 Å². The summed E-state index contributed by atoms with van der Waals surface area (Å²) in [5.41, 5.74) is 1.80. The van der Waals surface area contributed by atoms with Crippen molar-refractivity contribution in [3.05, 3.63) is 47.0 Å². The van der Waals surface area contributed by atoms with Gasteiger partial charge >= 0.3 is 0 Å². The van der Waals surface area contributed by atoms with E-state index >= 15 is 0 Å². The molecule has 0 amide bonds. The van der Waals surface area contributed by atoms with E-state index < -0.39 is 9.73 Å². The van der Waals surface area contributed by atoms with Crippen molar-refractivity contribution in [1.29, 1.82) is 4.78 Å². The number of hydrogen-bond donors (Lipinski definition) is 2. The summed E-state index contributed by atoms with van der Waals surface area (Å²) in [5.74, 6) is 1.07. The van der Waals surface area contributed by atoms with Crippen LogP contribution >= 0.6 is 0 Å². The number of aromatic amines is 1. The number of carbonyl (C=O) groups excluding carboxylic acids is 1. The number of benzene rings is 1. The van der Waals surface area contributed by atoms with E-state index in [0.717, 1.165) is 10.9 Å². The molecule has 0 radical (unpaired) electrons. The van der Waals surface area contributed by atoms with Gasteiger partial charge in [-0.2, -0.15) is 0 Å². The SMILES string of the molecule is CCS(=N)(=O)c1ccc(OC2CCC(=O)CC2)c(-c2cn(C)c(=O)c3[nH]ccc23)c1. The molecule has 2 aromatic heterocycles. The molecule has 158 valence electrons. The smallest absolute Gasteiger partial charge is 0.274 e. The van der Waals surface area contributed by atoms with Gasteiger partial charge in [0.05, 0.1) is 15.8 Å². The van der Waals surface area contributed by atoms with E-state index in [0.29, 0.717) is 47.4 Å². The number of pyridine rings is 1. The number of nitrogens with one attached hydrogen (secondary N) is 2. The summed E-state index contributed by atoms with van der Waals surface area (Å²) >= 11 is 0. The monoisotopic (exact) mass is 427 g/mol. The second-order valence-corrected chi connectivity index (χ2v) is 10.1. The first-order chi connectivity index (χ1) is 14.3. The van der Waals surface area contributed by atoms with Crippen LogP contribution < -0.4 is 10.3 Å². The Bertz CT molecular complexity index is 1280. The number of aryl methyl sites for hydroxylation is 1. The zero-order valence-electron chi connectivity index (χ0n) is 17.1. The summed E-state index contributed by atoms with van der Waals surface area (Å²) < 4.78 is 28.7. The summed E-state index contributed by atoms with van der Waals surface area (Å²) in [6.45, 7) is 1.73. The summed E-state index contributed by atoms with van der Waals surface area (Å²) in [7, 11) is -1.24. The fraction of sp³-hybridized carbons (Fsp3) is 0.364. The molecule has 1 unspecified atom stereocenters. The number of fused-ring (bicyclic) bond motifs is 1. The summed E-state index contributed by atoms with van der Waals surface area (Å²) in [6, 6.07) is 7.02. The van der Waals surface area contributed by atoms with Crippen LogP contribution in [0.2, 0.25) is 0 Å². The van der Waals surface area contributed by atoms with E-state index in [1.54, 1.807) is 44.6 Å². The summed E-state index contributed by atoms with van der Waals surface area (Å²) in [6.07, 6.45) is 5.73. The summed E-state index contributed by atoms with van der Waals surface area (Å²) in [4.78, 5) is 27.5. The number of hydrogen-bond acceptors (Lipinski definition) is 5. The lowest BCUT2D eigenvalue weighted by Gasteiger charge is -2.24. The lowest BCUT2D eigenvalue weighted by molar-refractivity contribution is -0.121. The second kappa shape index (κ2) is 7.75. The number of ketones is 1. The minimum atomic E-state index is -2.92. The Morgan fingerprint density at radius 2 is 1.93 bits per heavy atom. The molecule has 2 N–H and O–H groups in total. The number of ether oxygens (including phenoxy) is 1. The molecule has 1 aliphatic carbocycles. The number of rotatable bonds is 5. The maximum atomic E-state index is 12.7. The minimum Gasteiger partial charge on any atom is -0.490 e. The fourth-order valence-electron chi connectivity index (χ4n) is 3.89. The van der Waals surface area contributed by atoms with Crippen molar-refractivity contribution in [2.24, 2.45) is 7.05 Å². The van der Waals surface area contributed by atoms with Crippen LogP contribution in [0.15, 0.2) is 46.3 Å². The molecule has 30 heavy (non-hydrogen) atoms. The Labute approximate surface area is 175 Å². The average Bonchev–Trinajstić information content (AvgIpc) is 3.23. The molecule has 7 nitrogen and oxygen atoms in total. The van der Waals surface area contributed by atoms with Crippen molar-refractivity contribution in [3.63, 3.8) is 0 Å². The molecular weight excluding hydrogens is 402 g/mol. The van der Waals surface area contributed by atoms with Gasteiger partial charge in [-0.15, -0.1) is 0 Å². The van der Waals surface area contributed by atoms with Crippen molar-refractivity contribution in [1.82, 2.24) is 9.55 Å². The van der Waals surface area contributed by atoms with Gasteiger partial charge in [-0.25, -0.2) is 8.99 Å². The Morgan fingerprint density at radius 1 is 1.20 bits per heavy atom. The predicted molar refractivity (Wildman–Crippen MR) is 117 cm³/mol. The molecule has 0 saturated heterocycles. The van der Waals surface area contributed by atoms with Crippen LogP contribution in [0, 0.1) is 4.78 Å². The molecule has 0 aliphatic heterocycles. The Balaban J connectivity index is 1.89. The lowest BCUT2D eigenvalue weighted by Crippen LogP contribution is -2.24. The zero-order chi connectivity index (χ0) is 21.5. The number of Topliss-reactive ketones (excluding diaryl/α,β-unsaturated/α-hetero) is 1. The molecular formula is C22H25N3O4S. The highest BCUT2D eigenvalue weighted by Gasteiger charge is 2.23. The first-order valence-electron chi connectivity index (χ1n) is 10.1. The molecule has 1 aliphatic rings. The molecule has 3 aromatic rings. The normalized spacial score (nSPS) is 17.2. The van der Waals surface area contributed by atoms with E-state index in [1.165, 1.54) is 4.57 Å². The number of aromatic nitrogens is 2. The third kappa shape index (κ3) is 3.67. The standard InChI is InChI=1S/C22H25N3O4S/c1-3-30(23,28)16-8-9-20(29-15-6-4-14(26)5-7-15)18(12-16)19-13-25(2)22(27)21-17(19)10-11-24-21/h8-13,15,23-24H,3-7H2,1-2H3. The van der Waals surface area contributed by atoms with Crippen molar-refractivity contribution in [2.75, 3.05) is 5.75 Å². The van der Waals surface area contributed by atoms with Crippen LogP contribution in [0.3, 0.4) is 0 Å². The molecule has 1 saturated carbocycles. The van der Waals surface area contributed by atoms with E-state index in [-0.39, 0.29) is 23.2 Å². The largest absolute Gasteiger partial charge is 0.490 e. The topological polar surface area (TPSA) is 105 Å². The quantitative estimate of drug-likeness (QED) is 0.645. The molecule has 4 rings (SSSR count). The number of H-pyrrole nitrogens is 1. The van der Waals surface area contributed by atoms with E-state index in [1.807, 2.05) is 6.07 Å². The Hall–Kier alpha value is -2.87. The molecule has 1 fully saturated rings. The van der Waals surface area contributed by atoms with E-state index in [9.17, 15) is 13.8 Å². The third-order valence-corrected chi connectivity index (χ3v) is 7.54. The van der Waals surface area contributed by atoms with Gasteiger partial charge in [0.25, 0.3) is 5.56 Å².